The van der Waals surface area contributed by atoms with E-state index in [0.717, 1.165) is 4.90 Å². The molecule has 0 aliphatic carbocycles. The van der Waals surface area contributed by atoms with E-state index in [4.69, 9.17) is 0 Å². The lowest BCUT2D eigenvalue weighted by Crippen LogP contribution is -2.22. The van der Waals surface area contributed by atoms with E-state index in [1.807, 2.05) is 0 Å². The van der Waals surface area contributed by atoms with E-state index in [1.165, 1.54) is 60.3 Å². The Morgan fingerprint density at radius 1 is 0.903 bits per heavy atom. The lowest BCUT2D eigenvalue weighted by molar-refractivity contribution is -0.384. The van der Waals surface area contributed by atoms with Crippen LogP contribution in [0.5, 0.6) is 0 Å². The van der Waals surface area contributed by atoms with Crippen LogP contribution in [0.15, 0.2) is 77.7 Å². The first-order valence-corrected chi connectivity index (χ1v) is 10.1. The minimum Gasteiger partial charge on any atom is -0.325 e. The molecule has 0 spiro atoms. The maximum atomic E-state index is 13.0. The Bertz CT molecular complexity index is 1090. The van der Waals surface area contributed by atoms with Gasteiger partial charge < -0.3 is 10.6 Å². The Morgan fingerprint density at radius 2 is 1.45 bits per heavy atom. The molecule has 0 saturated carbocycles. The van der Waals surface area contributed by atoms with Gasteiger partial charge in [-0.25, -0.2) is 4.39 Å². The molecule has 0 heterocycles. The summed E-state index contributed by atoms with van der Waals surface area (Å²) in [5.41, 5.74) is 1.28. The number of nitro groups is 1. The number of nitrogens with zero attached hydrogens (tertiary/aromatic N) is 1. The second-order valence-corrected chi connectivity index (χ2v) is 7.95. The fraction of sp³-hybridized carbons (Fsp3) is 0.0909. The van der Waals surface area contributed by atoms with Crippen LogP contribution >= 0.6 is 11.8 Å². The van der Waals surface area contributed by atoms with E-state index < -0.39 is 10.2 Å². The Kier molecular flexibility index (Phi) is 6.99. The fourth-order valence-electron chi connectivity index (χ4n) is 2.59. The number of hydrogen-bond acceptors (Lipinski definition) is 5. The van der Waals surface area contributed by atoms with Crippen molar-refractivity contribution in [3.63, 3.8) is 0 Å². The maximum absolute atomic E-state index is 13.0. The summed E-state index contributed by atoms with van der Waals surface area (Å²) in [6.07, 6.45) is 0. The number of non-ortho nitro benzene ring substituents is 1. The van der Waals surface area contributed by atoms with Crippen molar-refractivity contribution in [1.29, 1.82) is 0 Å². The molecule has 3 aromatic carbocycles. The Morgan fingerprint density at radius 3 is 2.03 bits per heavy atom. The Labute approximate surface area is 181 Å². The van der Waals surface area contributed by atoms with Crippen molar-refractivity contribution in [2.45, 2.75) is 17.1 Å². The van der Waals surface area contributed by atoms with E-state index in [-0.39, 0.29) is 23.3 Å². The average molecular weight is 439 g/mol. The first kappa shape index (κ1) is 22.0. The first-order chi connectivity index (χ1) is 14.8. The number of hydrogen-bond donors (Lipinski definition) is 2. The summed E-state index contributed by atoms with van der Waals surface area (Å²) in [5.74, 6) is -0.976. The zero-order valence-corrected chi connectivity index (χ0v) is 17.2. The van der Waals surface area contributed by atoms with Gasteiger partial charge in [-0.05, 0) is 67.6 Å². The molecule has 158 valence electrons. The number of carbonyl (C=O) groups excluding carboxylic acids is 2. The summed E-state index contributed by atoms with van der Waals surface area (Å²) in [7, 11) is 0. The van der Waals surface area contributed by atoms with Gasteiger partial charge in [-0.15, -0.1) is 11.8 Å². The van der Waals surface area contributed by atoms with Crippen molar-refractivity contribution in [2.24, 2.45) is 0 Å². The molecule has 0 aliphatic rings. The van der Waals surface area contributed by atoms with Gasteiger partial charge in [0, 0.05) is 34.0 Å². The van der Waals surface area contributed by atoms with Crippen molar-refractivity contribution in [3.8, 4) is 0 Å². The predicted molar refractivity (Wildman–Crippen MR) is 118 cm³/mol. The summed E-state index contributed by atoms with van der Waals surface area (Å²) in [6.45, 7) is 1.76. The molecule has 0 bridgehead atoms. The van der Waals surface area contributed by atoms with Crippen LogP contribution in [0.1, 0.15) is 17.3 Å². The number of nitrogens with one attached hydrogen (secondary N) is 2. The molecule has 0 aliphatic heterocycles. The van der Waals surface area contributed by atoms with Crippen molar-refractivity contribution in [1.82, 2.24) is 0 Å². The SMILES string of the molecule is CC(Sc1ccc(NC(=O)c2ccc([N+](=O)[O-])cc2)cc1)C(=O)Nc1ccc(F)cc1. The molecular weight excluding hydrogens is 421 g/mol. The van der Waals surface area contributed by atoms with Crippen molar-refractivity contribution in [2.75, 3.05) is 10.6 Å². The highest BCUT2D eigenvalue weighted by Crippen LogP contribution is 2.26. The van der Waals surface area contributed by atoms with Crippen LogP contribution in [0.2, 0.25) is 0 Å². The number of benzene rings is 3. The van der Waals surface area contributed by atoms with Crippen molar-refractivity contribution < 1.29 is 18.9 Å². The van der Waals surface area contributed by atoms with Crippen LogP contribution in [0.4, 0.5) is 21.5 Å². The van der Waals surface area contributed by atoms with Gasteiger partial charge in [-0.2, -0.15) is 0 Å². The molecule has 0 fully saturated rings. The van der Waals surface area contributed by atoms with Crippen molar-refractivity contribution >= 4 is 40.6 Å². The standard InChI is InChI=1S/C22H18FN3O4S/c1-14(21(27)24-17-6-4-16(23)5-7-17)31-20-12-8-18(9-13-20)25-22(28)15-2-10-19(11-3-15)26(29)30/h2-14H,1H3,(H,24,27)(H,25,28). The monoisotopic (exact) mass is 439 g/mol. The number of thioether (sulfide) groups is 1. The van der Waals surface area contributed by atoms with Crippen LogP contribution < -0.4 is 10.6 Å². The second-order valence-electron chi connectivity index (χ2n) is 6.54. The maximum Gasteiger partial charge on any atom is 0.269 e. The molecule has 7 nitrogen and oxygen atoms in total. The topological polar surface area (TPSA) is 101 Å². The van der Waals surface area contributed by atoms with Crippen LogP contribution in [-0.4, -0.2) is 22.0 Å². The molecule has 1 unspecified atom stereocenters. The smallest absolute Gasteiger partial charge is 0.269 e. The molecule has 31 heavy (non-hydrogen) atoms. The van der Waals surface area contributed by atoms with Gasteiger partial charge in [-0.1, -0.05) is 0 Å². The third kappa shape index (κ3) is 6.13. The molecule has 2 N–H and O–H groups in total. The summed E-state index contributed by atoms with van der Waals surface area (Å²) < 4.78 is 13.0. The third-order valence-electron chi connectivity index (χ3n) is 4.25. The number of carbonyl (C=O) groups is 2. The average Bonchev–Trinajstić information content (AvgIpc) is 2.76. The first-order valence-electron chi connectivity index (χ1n) is 9.21. The molecular formula is C22H18FN3O4S. The largest absolute Gasteiger partial charge is 0.325 e. The Hall–Kier alpha value is -3.72. The molecule has 1 atom stereocenters. The van der Waals surface area contributed by atoms with Crippen LogP contribution in [0.25, 0.3) is 0 Å². The lowest BCUT2D eigenvalue weighted by Gasteiger charge is -2.12. The molecule has 0 radical (unpaired) electrons. The summed E-state index contributed by atoms with van der Waals surface area (Å²) >= 11 is 1.34. The van der Waals surface area contributed by atoms with E-state index in [0.29, 0.717) is 16.9 Å². The summed E-state index contributed by atoms with van der Waals surface area (Å²) in [4.78, 5) is 35.6. The minimum absolute atomic E-state index is 0.0875. The number of halogens is 1. The zero-order chi connectivity index (χ0) is 22.4. The normalized spacial score (nSPS) is 11.4. The van der Waals surface area contributed by atoms with Gasteiger partial charge >= 0.3 is 0 Å². The second kappa shape index (κ2) is 9.86. The van der Waals surface area contributed by atoms with E-state index in [2.05, 4.69) is 10.6 Å². The highest BCUT2D eigenvalue weighted by Gasteiger charge is 2.15. The third-order valence-corrected chi connectivity index (χ3v) is 5.36. The molecule has 0 saturated heterocycles. The van der Waals surface area contributed by atoms with E-state index in [9.17, 15) is 24.1 Å². The lowest BCUT2D eigenvalue weighted by atomic mass is 10.2. The van der Waals surface area contributed by atoms with Gasteiger partial charge in [0.2, 0.25) is 5.91 Å². The number of nitro benzene ring substituents is 1. The summed E-state index contributed by atoms with van der Waals surface area (Å²) in [6, 6.07) is 17.8. The van der Waals surface area contributed by atoms with Crippen molar-refractivity contribution in [3.05, 3.63) is 94.3 Å². The van der Waals surface area contributed by atoms with Gasteiger partial charge in [0.05, 0.1) is 10.2 Å². The highest BCUT2D eigenvalue weighted by molar-refractivity contribution is 8.00. The predicted octanol–water partition coefficient (Wildman–Crippen LogP) is 5.11. The molecule has 0 aromatic heterocycles. The van der Waals surface area contributed by atoms with E-state index >= 15 is 0 Å². The van der Waals surface area contributed by atoms with Gasteiger partial charge in [-0.3, -0.25) is 19.7 Å². The number of rotatable bonds is 7. The van der Waals surface area contributed by atoms with Gasteiger partial charge in [0.25, 0.3) is 11.6 Å². The molecule has 3 rings (SSSR count). The number of amides is 2. The van der Waals surface area contributed by atoms with E-state index in [1.54, 1.807) is 31.2 Å². The molecule has 2 amide bonds. The van der Waals surface area contributed by atoms with Crippen LogP contribution in [-0.2, 0) is 4.79 Å². The number of anilines is 2. The minimum atomic E-state index is -0.529. The van der Waals surface area contributed by atoms with Crippen LogP contribution in [0.3, 0.4) is 0 Å². The molecule has 9 heteroatoms. The van der Waals surface area contributed by atoms with Crippen LogP contribution in [0, 0.1) is 15.9 Å². The zero-order valence-electron chi connectivity index (χ0n) is 16.4. The Balaban J connectivity index is 1.55. The highest BCUT2D eigenvalue weighted by atomic mass is 32.2. The molecule has 3 aromatic rings. The fourth-order valence-corrected chi connectivity index (χ4v) is 3.46. The summed E-state index contributed by atoms with van der Waals surface area (Å²) in [5, 5.41) is 15.7. The quantitative estimate of drug-likeness (QED) is 0.303. The van der Waals surface area contributed by atoms with Gasteiger partial charge in [0.15, 0.2) is 0 Å². The van der Waals surface area contributed by atoms with Gasteiger partial charge in [0.1, 0.15) is 5.82 Å².